The molecule has 1 aliphatic heterocycles. The summed E-state index contributed by atoms with van der Waals surface area (Å²) < 4.78 is 17.0. The van der Waals surface area contributed by atoms with Crippen LogP contribution in [0.15, 0.2) is 16.6 Å². The molecule has 1 amide bonds. The fourth-order valence-corrected chi connectivity index (χ4v) is 0.758. The fraction of sp³-hybridized carbons (Fsp3) is 0.286. The number of nitrogens with zero attached hydrogens (tertiary/aromatic N) is 1. The van der Waals surface area contributed by atoms with Gasteiger partial charge in [0.15, 0.2) is 6.17 Å². The number of dihydropyridines is 1. The lowest BCUT2D eigenvalue weighted by atomic mass is 10.1. The van der Waals surface area contributed by atoms with Crippen molar-refractivity contribution in [2.45, 2.75) is 6.17 Å². The third kappa shape index (κ3) is 1.55. The molecule has 0 radical (unpaired) electrons. The van der Waals surface area contributed by atoms with Crippen LogP contribution >= 0.6 is 0 Å². The zero-order chi connectivity index (χ0) is 9.14. The maximum atomic E-state index is 12.8. The van der Waals surface area contributed by atoms with Crippen molar-refractivity contribution in [3.8, 4) is 0 Å². The van der Waals surface area contributed by atoms with E-state index >= 15 is 0 Å². The third-order valence-corrected chi connectivity index (χ3v) is 1.33. The van der Waals surface area contributed by atoms with Crippen LogP contribution in [-0.2, 0) is 14.3 Å². The minimum atomic E-state index is -1.64. The maximum Gasteiger partial charge on any atom is 0.337 e. The maximum absolute atomic E-state index is 12.8. The van der Waals surface area contributed by atoms with Gasteiger partial charge in [0.05, 0.1) is 12.7 Å². The second-order valence-corrected chi connectivity index (χ2v) is 2.11. The quantitative estimate of drug-likeness (QED) is 0.523. The molecular formula is C7H6FNO3. The Morgan fingerprint density at radius 1 is 1.75 bits per heavy atom. The van der Waals surface area contributed by atoms with E-state index in [2.05, 4.69) is 9.73 Å². The summed E-state index contributed by atoms with van der Waals surface area (Å²) in [5.41, 5.74) is -0.308. The van der Waals surface area contributed by atoms with Gasteiger partial charge in [-0.05, 0) is 0 Å². The molecular weight excluding hydrogens is 165 g/mol. The van der Waals surface area contributed by atoms with E-state index in [9.17, 15) is 14.0 Å². The van der Waals surface area contributed by atoms with Crippen molar-refractivity contribution < 1.29 is 18.7 Å². The summed E-state index contributed by atoms with van der Waals surface area (Å²) in [5.74, 6) is -1.49. The minimum Gasteiger partial charge on any atom is -0.466 e. The van der Waals surface area contributed by atoms with Crippen LogP contribution in [0.4, 0.5) is 4.39 Å². The third-order valence-electron chi connectivity index (χ3n) is 1.33. The highest BCUT2D eigenvalue weighted by Crippen LogP contribution is 2.11. The predicted octanol–water partition coefficient (Wildman–Crippen LogP) is 0.0349. The van der Waals surface area contributed by atoms with Crippen molar-refractivity contribution in [3.05, 3.63) is 11.6 Å². The molecule has 0 aromatic heterocycles. The first-order valence-electron chi connectivity index (χ1n) is 3.17. The van der Waals surface area contributed by atoms with E-state index in [1.165, 1.54) is 0 Å². The van der Waals surface area contributed by atoms with Crippen LogP contribution in [0.1, 0.15) is 0 Å². The van der Waals surface area contributed by atoms with Crippen LogP contribution in [0, 0.1) is 0 Å². The summed E-state index contributed by atoms with van der Waals surface area (Å²) >= 11 is 0. The standard InChI is InChI=1S/C7H6FNO3/c1-12-7(11)4-2-6(10)9-3-5(4)8/h2-3,5H,1H3. The number of ether oxygens (including phenoxy) is 1. The van der Waals surface area contributed by atoms with E-state index < -0.39 is 18.0 Å². The molecule has 0 N–H and O–H groups in total. The summed E-state index contributed by atoms with van der Waals surface area (Å²) in [7, 11) is 1.12. The van der Waals surface area contributed by atoms with Crippen LogP contribution in [-0.4, -0.2) is 31.4 Å². The molecule has 64 valence electrons. The van der Waals surface area contributed by atoms with Gasteiger partial charge in [-0.2, -0.15) is 0 Å². The molecule has 0 fully saturated rings. The molecule has 1 atom stereocenters. The molecule has 12 heavy (non-hydrogen) atoms. The smallest absolute Gasteiger partial charge is 0.337 e. The predicted molar refractivity (Wildman–Crippen MR) is 38.5 cm³/mol. The van der Waals surface area contributed by atoms with Crippen molar-refractivity contribution in [1.29, 1.82) is 0 Å². The number of aliphatic imine (C=N–C) groups is 1. The summed E-state index contributed by atoms with van der Waals surface area (Å²) in [6, 6.07) is 0. The molecule has 1 aliphatic rings. The van der Waals surface area contributed by atoms with Crippen molar-refractivity contribution in [3.63, 3.8) is 0 Å². The fourth-order valence-electron chi connectivity index (χ4n) is 0.758. The number of esters is 1. The number of carbonyl (C=O) groups is 2. The zero-order valence-corrected chi connectivity index (χ0v) is 6.28. The van der Waals surface area contributed by atoms with Gasteiger partial charge in [-0.25, -0.2) is 14.2 Å². The van der Waals surface area contributed by atoms with E-state index in [0.29, 0.717) is 0 Å². The van der Waals surface area contributed by atoms with E-state index in [-0.39, 0.29) is 5.57 Å². The normalized spacial score (nSPS) is 22.0. The van der Waals surface area contributed by atoms with Gasteiger partial charge >= 0.3 is 5.97 Å². The lowest BCUT2D eigenvalue weighted by Crippen LogP contribution is -2.21. The number of hydrogen-bond acceptors (Lipinski definition) is 3. The van der Waals surface area contributed by atoms with Gasteiger partial charge in [0, 0.05) is 12.3 Å². The average molecular weight is 171 g/mol. The SMILES string of the molecule is COC(=O)C1=CC(=O)N=CC1F. The number of halogens is 1. The molecule has 1 heterocycles. The average Bonchev–Trinajstić information content (AvgIpc) is 2.08. The largest absolute Gasteiger partial charge is 0.466 e. The van der Waals surface area contributed by atoms with E-state index in [1.54, 1.807) is 0 Å². The monoisotopic (exact) mass is 171 g/mol. The van der Waals surface area contributed by atoms with Gasteiger partial charge in [0.1, 0.15) is 0 Å². The second-order valence-electron chi connectivity index (χ2n) is 2.11. The molecule has 5 heteroatoms. The first kappa shape index (κ1) is 8.58. The molecule has 0 saturated carbocycles. The Morgan fingerprint density at radius 3 is 3.00 bits per heavy atom. The number of hydrogen-bond donors (Lipinski definition) is 0. The molecule has 0 spiro atoms. The summed E-state index contributed by atoms with van der Waals surface area (Å²) in [6.07, 6.45) is -0.0411. The summed E-state index contributed by atoms with van der Waals surface area (Å²) in [4.78, 5) is 24.5. The van der Waals surface area contributed by atoms with Crippen LogP contribution < -0.4 is 0 Å². The van der Waals surface area contributed by atoms with Gasteiger partial charge in [0.25, 0.3) is 5.91 Å². The number of carbonyl (C=O) groups excluding carboxylic acids is 2. The van der Waals surface area contributed by atoms with Crippen LogP contribution in [0.3, 0.4) is 0 Å². The van der Waals surface area contributed by atoms with Crippen molar-refractivity contribution >= 4 is 18.1 Å². The van der Waals surface area contributed by atoms with Crippen LogP contribution in [0.25, 0.3) is 0 Å². The Bertz CT molecular complexity index is 282. The van der Waals surface area contributed by atoms with Gasteiger partial charge in [-0.1, -0.05) is 0 Å². The molecule has 4 nitrogen and oxygen atoms in total. The van der Waals surface area contributed by atoms with Gasteiger partial charge in [-0.3, -0.25) is 4.79 Å². The molecule has 0 bridgehead atoms. The van der Waals surface area contributed by atoms with Crippen molar-refractivity contribution in [1.82, 2.24) is 0 Å². The highest BCUT2D eigenvalue weighted by molar-refractivity contribution is 6.07. The number of methoxy groups -OCH3 is 1. The highest BCUT2D eigenvalue weighted by Gasteiger charge is 2.23. The van der Waals surface area contributed by atoms with E-state index in [0.717, 1.165) is 19.4 Å². The van der Waals surface area contributed by atoms with Crippen molar-refractivity contribution in [2.75, 3.05) is 7.11 Å². The first-order chi connectivity index (χ1) is 5.65. The Morgan fingerprint density at radius 2 is 2.42 bits per heavy atom. The van der Waals surface area contributed by atoms with E-state index in [4.69, 9.17) is 0 Å². The summed E-state index contributed by atoms with van der Waals surface area (Å²) in [6.45, 7) is 0. The van der Waals surface area contributed by atoms with Gasteiger partial charge in [0.2, 0.25) is 0 Å². The lowest BCUT2D eigenvalue weighted by Gasteiger charge is -2.08. The Labute approximate surface area is 67.7 Å². The highest BCUT2D eigenvalue weighted by atomic mass is 19.1. The number of rotatable bonds is 1. The molecule has 0 aromatic rings. The Kier molecular flexibility index (Phi) is 2.32. The molecule has 1 rings (SSSR count). The molecule has 0 aliphatic carbocycles. The van der Waals surface area contributed by atoms with Crippen molar-refractivity contribution in [2.24, 2.45) is 4.99 Å². The minimum absolute atomic E-state index is 0.308. The number of amides is 1. The van der Waals surface area contributed by atoms with Crippen LogP contribution in [0.5, 0.6) is 0 Å². The van der Waals surface area contributed by atoms with Gasteiger partial charge in [-0.15, -0.1) is 0 Å². The second kappa shape index (κ2) is 3.25. The van der Waals surface area contributed by atoms with Crippen LogP contribution in [0.2, 0.25) is 0 Å². The molecule has 1 unspecified atom stereocenters. The Balaban J connectivity index is 2.88. The number of alkyl halides is 1. The topological polar surface area (TPSA) is 55.7 Å². The van der Waals surface area contributed by atoms with E-state index in [1.807, 2.05) is 0 Å². The summed E-state index contributed by atoms with van der Waals surface area (Å²) in [5, 5.41) is 0. The molecule has 0 aromatic carbocycles. The lowest BCUT2D eigenvalue weighted by molar-refractivity contribution is -0.136. The zero-order valence-electron chi connectivity index (χ0n) is 6.28. The van der Waals surface area contributed by atoms with Gasteiger partial charge < -0.3 is 4.74 Å². The molecule has 0 saturated heterocycles. The Hall–Kier alpha value is -1.52. The first-order valence-corrected chi connectivity index (χ1v) is 3.17.